The third-order valence-corrected chi connectivity index (χ3v) is 3.60. The van der Waals surface area contributed by atoms with Crippen molar-refractivity contribution < 1.29 is 22.0 Å². The Kier molecular flexibility index (Phi) is 6.77. The Balaban J connectivity index is 4.36. The van der Waals surface area contributed by atoms with Crippen molar-refractivity contribution in [3.63, 3.8) is 0 Å². The summed E-state index contributed by atoms with van der Waals surface area (Å²) in [6.45, 7) is 1.11. The van der Waals surface area contributed by atoms with Crippen molar-refractivity contribution in [1.29, 1.82) is 0 Å². The number of halogens is 7. The Bertz CT molecular complexity index is 211. The van der Waals surface area contributed by atoms with E-state index < -0.39 is 21.9 Å². The van der Waals surface area contributed by atoms with Crippen LogP contribution in [-0.2, 0) is 0 Å². The van der Waals surface area contributed by atoms with Crippen LogP contribution in [0.15, 0.2) is 0 Å². The minimum Gasteiger partial charge on any atom is -0.195 e. The molecule has 98 valence electrons. The average Bonchev–Trinajstić information content (AvgIpc) is 1.99. The van der Waals surface area contributed by atoms with Gasteiger partial charge in [0.15, 0.2) is 0 Å². The molecule has 0 saturated heterocycles. The highest BCUT2D eigenvalue weighted by atomic mass is 127. The van der Waals surface area contributed by atoms with Gasteiger partial charge in [0, 0.05) is 10.8 Å². The first-order chi connectivity index (χ1) is 7.02. The molecule has 0 bridgehead atoms. The zero-order chi connectivity index (χ0) is 13.0. The largest absolute Gasteiger partial charge is 0.394 e. The molecule has 0 rings (SSSR count). The summed E-state index contributed by atoms with van der Waals surface area (Å²) in [5, 5.41) is 0. The minimum atomic E-state index is -4.32. The van der Waals surface area contributed by atoms with Crippen LogP contribution in [0.2, 0.25) is 0 Å². The number of alkyl halides is 7. The lowest BCUT2D eigenvalue weighted by molar-refractivity contribution is -0.221. The van der Waals surface area contributed by atoms with Crippen LogP contribution < -0.4 is 0 Å². The van der Waals surface area contributed by atoms with E-state index in [0.29, 0.717) is 4.43 Å². The first-order valence-electron chi connectivity index (χ1n) is 4.71. The predicted octanol–water partition coefficient (Wildman–Crippen LogP) is 5.58. The molecule has 0 spiro atoms. The maximum absolute atomic E-state index is 12.7. The Morgan fingerprint density at radius 2 is 1.44 bits per heavy atom. The Morgan fingerprint density at radius 3 is 1.75 bits per heavy atom. The smallest absolute Gasteiger partial charge is 0.195 e. The van der Waals surface area contributed by atoms with Crippen molar-refractivity contribution in [2.24, 2.45) is 5.41 Å². The molecule has 0 aromatic rings. The summed E-state index contributed by atoms with van der Waals surface area (Å²) in [5.74, 6) is 0. The quantitative estimate of drug-likeness (QED) is 0.271. The van der Waals surface area contributed by atoms with E-state index in [1.807, 2.05) is 22.6 Å². The highest BCUT2D eigenvalue weighted by Gasteiger charge is 2.49. The molecule has 0 aromatic heterocycles. The van der Waals surface area contributed by atoms with E-state index in [1.165, 1.54) is 0 Å². The van der Waals surface area contributed by atoms with Crippen LogP contribution in [-0.4, -0.2) is 14.5 Å². The highest BCUT2D eigenvalue weighted by molar-refractivity contribution is 14.1. The van der Waals surface area contributed by atoms with Crippen molar-refractivity contribution in [3.05, 3.63) is 0 Å². The summed E-state index contributed by atoms with van der Waals surface area (Å²) in [6, 6.07) is 0. The fourth-order valence-electron chi connectivity index (χ4n) is 1.30. The fraction of sp³-hybridized carbons (Fsp3) is 1.00. The fourth-order valence-corrected chi connectivity index (χ4v) is 2.87. The van der Waals surface area contributed by atoms with E-state index in [-0.39, 0.29) is 19.3 Å². The number of rotatable bonds is 6. The van der Waals surface area contributed by atoms with Gasteiger partial charge in [0.25, 0.3) is 3.93 Å². The van der Waals surface area contributed by atoms with E-state index in [0.717, 1.165) is 29.5 Å². The molecule has 0 aromatic carbocycles. The maximum atomic E-state index is 12.7. The summed E-state index contributed by atoms with van der Waals surface area (Å²) >= 11 is 2.83. The molecule has 1 unspecified atom stereocenters. The Hall–Kier alpha value is 1.11. The van der Waals surface area contributed by atoms with Crippen molar-refractivity contribution >= 4 is 45.2 Å². The molecule has 0 amide bonds. The van der Waals surface area contributed by atoms with Crippen LogP contribution in [0, 0.1) is 5.41 Å². The van der Waals surface area contributed by atoms with Gasteiger partial charge in [0.1, 0.15) is 0 Å². The molecule has 0 aliphatic carbocycles. The lowest BCUT2D eigenvalue weighted by Crippen LogP contribution is -2.35. The van der Waals surface area contributed by atoms with Crippen LogP contribution >= 0.6 is 45.2 Å². The zero-order valence-corrected chi connectivity index (χ0v) is 13.0. The lowest BCUT2D eigenvalue weighted by atomic mass is 9.81. The van der Waals surface area contributed by atoms with Gasteiger partial charge in [-0.15, -0.1) is 0 Å². The topological polar surface area (TPSA) is 0 Å². The summed E-state index contributed by atoms with van der Waals surface area (Å²) < 4.78 is 60.6. The second kappa shape index (κ2) is 6.33. The minimum absolute atomic E-state index is 0.0239. The van der Waals surface area contributed by atoms with Gasteiger partial charge in [0.2, 0.25) is 0 Å². The van der Waals surface area contributed by atoms with Gasteiger partial charge in [-0.1, -0.05) is 29.5 Å². The van der Waals surface area contributed by atoms with E-state index in [1.54, 1.807) is 0 Å². The number of hydrogen-bond acceptors (Lipinski definition) is 0. The maximum Gasteiger partial charge on any atom is 0.394 e. The highest BCUT2D eigenvalue weighted by Crippen LogP contribution is 2.46. The van der Waals surface area contributed by atoms with Gasteiger partial charge in [-0.05, 0) is 41.9 Å². The molecule has 7 heteroatoms. The van der Waals surface area contributed by atoms with E-state index >= 15 is 0 Å². The molecule has 0 fully saturated rings. The molecule has 0 nitrogen and oxygen atoms in total. The zero-order valence-electron chi connectivity index (χ0n) is 8.68. The first kappa shape index (κ1) is 17.1. The molecule has 0 aliphatic heterocycles. The van der Waals surface area contributed by atoms with Crippen molar-refractivity contribution in [2.45, 2.75) is 42.7 Å². The summed E-state index contributed by atoms with van der Waals surface area (Å²) in [7, 11) is 0. The Labute approximate surface area is 119 Å². The molecule has 0 N–H and O–H groups in total. The SMILES string of the molecule is CC(CCI)(CCCC(F)(F)I)C(F)(F)F. The molecular weight excluding hydrogens is 457 g/mol. The third-order valence-electron chi connectivity index (χ3n) is 2.52. The summed E-state index contributed by atoms with van der Waals surface area (Å²) in [4.78, 5) is 0. The molecule has 1 atom stereocenters. The molecule has 0 aliphatic rings. The van der Waals surface area contributed by atoms with Crippen LogP contribution in [0.25, 0.3) is 0 Å². The van der Waals surface area contributed by atoms with Crippen LogP contribution in [0.4, 0.5) is 22.0 Å². The average molecular weight is 470 g/mol. The first-order valence-corrected chi connectivity index (χ1v) is 7.32. The summed E-state index contributed by atoms with van der Waals surface area (Å²) in [5.41, 5.74) is -1.84. The second-order valence-electron chi connectivity index (χ2n) is 3.97. The van der Waals surface area contributed by atoms with E-state index in [4.69, 9.17) is 0 Å². The van der Waals surface area contributed by atoms with Crippen molar-refractivity contribution in [3.8, 4) is 0 Å². The van der Waals surface area contributed by atoms with Crippen LogP contribution in [0.5, 0.6) is 0 Å². The predicted molar refractivity (Wildman–Crippen MR) is 70.5 cm³/mol. The molecule has 0 radical (unpaired) electrons. The standard InChI is InChI=1S/C9H13F5I2/c1-7(5-6-15,9(12,13)14)3-2-4-8(10,11)16/h2-6H2,1H3. The molecule has 0 heterocycles. The molecular formula is C9H13F5I2. The van der Waals surface area contributed by atoms with Crippen molar-refractivity contribution in [2.75, 3.05) is 4.43 Å². The van der Waals surface area contributed by atoms with Gasteiger partial charge >= 0.3 is 6.18 Å². The van der Waals surface area contributed by atoms with Crippen LogP contribution in [0.1, 0.15) is 32.6 Å². The monoisotopic (exact) mass is 470 g/mol. The van der Waals surface area contributed by atoms with Gasteiger partial charge in [-0.3, -0.25) is 0 Å². The normalized spacial score (nSPS) is 17.2. The van der Waals surface area contributed by atoms with Gasteiger partial charge < -0.3 is 0 Å². The third kappa shape index (κ3) is 6.15. The number of hydrogen-bond donors (Lipinski definition) is 0. The van der Waals surface area contributed by atoms with Crippen molar-refractivity contribution in [1.82, 2.24) is 0 Å². The molecule has 0 saturated carbocycles. The summed E-state index contributed by atoms with van der Waals surface area (Å²) in [6.07, 6.45) is -5.19. The van der Waals surface area contributed by atoms with Gasteiger partial charge in [-0.2, -0.15) is 22.0 Å². The van der Waals surface area contributed by atoms with E-state index in [2.05, 4.69) is 0 Å². The van der Waals surface area contributed by atoms with Gasteiger partial charge in [-0.25, -0.2) is 0 Å². The van der Waals surface area contributed by atoms with Gasteiger partial charge in [0.05, 0.1) is 5.41 Å². The Morgan fingerprint density at radius 1 is 0.938 bits per heavy atom. The van der Waals surface area contributed by atoms with E-state index in [9.17, 15) is 22.0 Å². The lowest BCUT2D eigenvalue weighted by Gasteiger charge is -2.31. The van der Waals surface area contributed by atoms with Crippen LogP contribution in [0.3, 0.4) is 0 Å². The second-order valence-corrected chi connectivity index (χ2v) is 6.62. The molecule has 16 heavy (non-hydrogen) atoms.